The van der Waals surface area contributed by atoms with E-state index in [1.165, 1.54) is 6.26 Å². The average Bonchev–Trinajstić information content (AvgIpc) is 3.02. The average molecular weight is 354 g/mol. The standard InChI is InChI=1S/C17H23N3O3.ClH/c21-15(13-12-17(13)3-5-18-6-4-17)19-7-9-20(10-8-19)16(22)14-2-1-11-23-14;/h1-2,11,13,18H,3-10,12H2;1H. The second kappa shape index (κ2) is 6.76. The molecule has 0 aromatic carbocycles. The zero-order valence-corrected chi connectivity index (χ0v) is 14.5. The maximum Gasteiger partial charge on any atom is 0.289 e. The van der Waals surface area contributed by atoms with Gasteiger partial charge < -0.3 is 19.5 Å². The SMILES string of the molecule is Cl.O=C(c1ccco1)N1CCN(C(=O)C2CC23CCNCC3)CC1. The summed E-state index contributed by atoms with van der Waals surface area (Å²) in [4.78, 5) is 28.7. The Morgan fingerprint density at radius 3 is 2.42 bits per heavy atom. The van der Waals surface area contributed by atoms with Crippen LogP contribution in [0.15, 0.2) is 22.8 Å². The van der Waals surface area contributed by atoms with Gasteiger partial charge in [-0.3, -0.25) is 9.59 Å². The van der Waals surface area contributed by atoms with Crippen LogP contribution in [-0.4, -0.2) is 60.9 Å². The quantitative estimate of drug-likeness (QED) is 0.872. The monoisotopic (exact) mass is 353 g/mol. The largest absolute Gasteiger partial charge is 0.459 e. The number of nitrogens with zero attached hydrogens (tertiary/aromatic N) is 2. The Kier molecular flexibility index (Phi) is 4.88. The summed E-state index contributed by atoms with van der Waals surface area (Å²) in [6, 6.07) is 3.41. The summed E-state index contributed by atoms with van der Waals surface area (Å²) in [5, 5.41) is 3.37. The van der Waals surface area contributed by atoms with E-state index in [0.29, 0.717) is 37.8 Å². The van der Waals surface area contributed by atoms with Crippen LogP contribution in [0.3, 0.4) is 0 Å². The van der Waals surface area contributed by atoms with Crippen LogP contribution in [0.1, 0.15) is 29.8 Å². The maximum absolute atomic E-state index is 12.7. The van der Waals surface area contributed by atoms with Crippen LogP contribution in [0.25, 0.3) is 0 Å². The molecule has 3 fully saturated rings. The summed E-state index contributed by atoms with van der Waals surface area (Å²) >= 11 is 0. The van der Waals surface area contributed by atoms with E-state index in [1.54, 1.807) is 17.0 Å². The number of hydrogen-bond acceptors (Lipinski definition) is 4. The van der Waals surface area contributed by atoms with E-state index in [-0.39, 0.29) is 29.6 Å². The lowest BCUT2D eigenvalue weighted by molar-refractivity contribution is -0.135. The van der Waals surface area contributed by atoms with Gasteiger partial charge in [0.15, 0.2) is 5.76 Å². The second-order valence-electron chi connectivity index (χ2n) is 6.96. The Morgan fingerprint density at radius 1 is 1.12 bits per heavy atom. The van der Waals surface area contributed by atoms with E-state index in [0.717, 1.165) is 32.4 Å². The summed E-state index contributed by atoms with van der Waals surface area (Å²) in [5.74, 6) is 0.817. The molecule has 7 heteroatoms. The number of hydrogen-bond donors (Lipinski definition) is 1. The molecule has 2 saturated heterocycles. The third-order valence-electron chi connectivity index (χ3n) is 5.70. The first-order valence-corrected chi connectivity index (χ1v) is 8.52. The number of nitrogens with one attached hydrogen (secondary N) is 1. The van der Waals surface area contributed by atoms with Crippen molar-refractivity contribution < 1.29 is 14.0 Å². The van der Waals surface area contributed by atoms with Gasteiger partial charge in [0.2, 0.25) is 5.91 Å². The normalized spacial score (nSPS) is 25.2. The lowest BCUT2D eigenvalue weighted by atomic mass is 9.91. The van der Waals surface area contributed by atoms with Crippen LogP contribution >= 0.6 is 12.4 Å². The second-order valence-corrected chi connectivity index (χ2v) is 6.96. The van der Waals surface area contributed by atoms with E-state index < -0.39 is 0 Å². The molecule has 1 spiro atoms. The third-order valence-corrected chi connectivity index (χ3v) is 5.70. The van der Waals surface area contributed by atoms with Gasteiger partial charge in [0.1, 0.15) is 0 Å². The van der Waals surface area contributed by atoms with Crippen LogP contribution in [0.2, 0.25) is 0 Å². The molecule has 6 nitrogen and oxygen atoms in total. The Labute approximate surface area is 147 Å². The highest BCUT2D eigenvalue weighted by molar-refractivity contribution is 5.91. The summed E-state index contributed by atoms with van der Waals surface area (Å²) in [6.45, 7) is 4.52. The van der Waals surface area contributed by atoms with Crippen LogP contribution < -0.4 is 5.32 Å². The third kappa shape index (κ3) is 3.05. The van der Waals surface area contributed by atoms with Crippen molar-refractivity contribution in [1.82, 2.24) is 15.1 Å². The molecular weight excluding hydrogens is 330 g/mol. The van der Waals surface area contributed by atoms with E-state index in [9.17, 15) is 9.59 Å². The van der Waals surface area contributed by atoms with Gasteiger partial charge in [-0.1, -0.05) is 0 Å². The predicted octanol–water partition coefficient (Wildman–Crippen LogP) is 1.38. The van der Waals surface area contributed by atoms with Crippen molar-refractivity contribution in [3.8, 4) is 0 Å². The summed E-state index contributed by atoms with van der Waals surface area (Å²) in [6.07, 6.45) is 4.82. The molecule has 132 valence electrons. The number of piperazine rings is 1. The van der Waals surface area contributed by atoms with Gasteiger partial charge in [-0.2, -0.15) is 0 Å². The van der Waals surface area contributed by atoms with Crippen molar-refractivity contribution in [2.45, 2.75) is 19.3 Å². The smallest absolute Gasteiger partial charge is 0.289 e. The first-order valence-electron chi connectivity index (χ1n) is 8.52. The molecule has 2 amide bonds. The summed E-state index contributed by atoms with van der Waals surface area (Å²) in [7, 11) is 0. The number of piperidine rings is 1. The Bertz CT molecular complexity index is 590. The highest BCUT2D eigenvalue weighted by Gasteiger charge is 2.58. The van der Waals surface area contributed by atoms with E-state index in [2.05, 4.69) is 5.32 Å². The zero-order chi connectivity index (χ0) is 15.9. The number of carbonyl (C=O) groups excluding carboxylic acids is 2. The van der Waals surface area contributed by atoms with Crippen LogP contribution in [0, 0.1) is 11.3 Å². The fourth-order valence-corrected chi connectivity index (χ4v) is 4.08. The topological polar surface area (TPSA) is 65.8 Å². The Hall–Kier alpha value is -1.53. The summed E-state index contributed by atoms with van der Waals surface area (Å²) < 4.78 is 5.17. The number of carbonyl (C=O) groups is 2. The first kappa shape index (κ1) is 17.3. The predicted molar refractivity (Wildman–Crippen MR) is 91.1 cm³/mol. The van der Waals surface area contributed by atoms with E-state index >= 15 is 0 Å². The highest BCUT2D eigenvalue weighted by atomic mass is 35.5. The van der Waals surface area contributed by atoms with Crippen molar-refractivity contribution in [3.63, 3.8) is 0 Å². The number of furan rings is 1. The van der Waals surface area contributed by atoms with Gasteiger partial charge in [-0.05, 0) is 49.9 Å². The fraction of sp³-hybridized carbons (Fsp3) is 0.647. The Morgan fingerprint density at radius 2 is 1.79 bits per heavy atom. The van der Waals surface area contributed by atoms with Crippen molar-refractivity contribution in [1.29, 1.82) is 0 Å². The first-order chi connectivity index (χ1) is 11.2. The molecule has 1 aliphatic carbocycles. The number of halogens is 1. The molecule has 24 heavy (non-hydrogen) atoms. The molecule has 3 aliphatic rings. The summed E-state index contributed by atoms with van der Waals surface area (Å²) in [5.41, 5.74) is 0.281. The van der Waals surface area contributed by atoms with Crippen LogP contribution in [0.4, 0.5) is 0 Å². The lowest BCUT2D eigenvalue weighted by Crippen LogP contribution is -2.51. The van der Waals surface area contributed by atoms with Gasteiger partial charge in [0, 0.05) is 32.1 Å². The highest BCUT2D eigenvalue weighted by Crippen LogP contribution is 2.59. The molecule has 3 heterocycles. The van der Waals surface area contributed by atoms with Gasteiger partial charge in [-0.25, -0.2) is 0 Å². The molecular formula is C17H24ClN3O3. The van der Waals surface area contributed by atoms with Gasteiger partial charge in [0.25, 0.3) is 5.91 Å². The van der Waals surface area contributed by atoms with Gasteiger partial charge in [0.05, 0.1) is 6.26 Å². The van der Waals surface area contributed by atoms with E-state index in [4.69, 9.17) is 4.42 Å². The van der Waals surface area contributed by atoms with Crippen molar-refractivity contribution in [2.24, 2.45) is 11.3 Å². The molecule has 1 N–H and O–H groups in total. The molecule has 1 saturated carbocycles. The number of rotatable bonds is 2. The maximum atomic E-state index is 12.7. The van der Waals surface area contributed by atoms with Gasteiger partial charge >= 0.3 is 0 Å². The molecule has 2 aliphatic heterocycles. The number of amides is 2. The molecule has 1 aromatic rings. The minimum Gasteiger partial charge on any atom is -0.459 e. The lowest BCUT2D eigenvalue weighted by Gasteiger charge is -2.35. The van der Waals surface area contributed by atoms with Crippen LogP contribution in [-0.2, 0) is 4.79 Å². The zero-order valence-electron chi connectivity index (χ0n) is 13.7. The van der Waals surface area contributed by atoms with Crippen molar-refractivity contribution in [2.75, 3.05) is 39.3 Å². The minimum absolute atomic E-state index is 0. The minimum atomic E-state index is -0.0802. The molecule has 0 radical (unpaired) electrons. The fourth-order valence-electron chi connectivity index (χ4n) is 4.08. The van der Waals surface area contributed by atoms with E-state index in [1.807, 2.05) is 4.90 Å². The molecule has 1 aromatic heterocycles. The molecule has 0 bridgehead atoms. The van der Waals surface area contributed by atoms with Crippen molar-refractivity contribution >= 4 is 24.2 Å². The molecule has 1 unspecified atom stereocenters. The molecule has 1 atom stereocenters. The van der Waals surface area contributed by atoms with Crippen molar-refractivity contribution in [3.05, 3.63) is 24.2 Å². The van der Waals surface area contributed by atoms with Gasteiger partial charge in [-0.15, -0.1) is 12.4 Å². The molecule has 4 rings (SSSR count). The Balaban J connectivity index is 0.00000169. The van der Waals surface area contributed by atoms with Crippen LogP contribution in [0.5, 0.6) is 0 Å².